The summed E-state index contributed by atoms with van der Waals surface area (Å²) in [7, 11) is -3.91. The molecule has 1 aromatic carbocycles. The zero-order valence-electron chi connectivity index (χ0n) is 14.5. The molecule has 1 aliphatic carbocycles. The van der Waals surface area contributed by atoms with Crippen molar-refractivity contribution in [3.05, 3.63) is 28.8 Å². The summed E-state index contributed by atoms with van der Waals surface area (Å²) < 4.78 is 32.7. The van der Waals surface area contributed by atoms with E-state index >= 15 is 0 Å². The van der Waals surface area contributed by atoms with Gasteiger partial charge in [0.2, 0.25) is 10.0 Å². The number of hydrogen-bond acceptors (Lipinski definition) is 5. The van der Waals surface area contributed by atoms with Gasteiger partial charge < -0.3 is 4.74 Å². The van der Waals surface area contributed by atoms with E-state index in [1.807, 2.05) is 0 Å². The highest BCUT2D eigenvalue weighted by Crippen LogP contribution is 2.25. The fourth-order valence-electron chi connectivity index (χ4n) is 2.57. The van der Waals surface area contributed by atoms with E-state index < -0.39 is 27.6 Å². The molecule has 1 atom stereocenters. The van der Waals surface area contributed by atoms with E-state index in [1.165, 1.54) is 18.2 Å². The number of halogens is 1. The van der Waals surface area contributed by atoms with Crippen LogP contribution in [-0.4, -0.2) is 31.8 Å². The summed E-state index contributed by atoms with van der Waals surface area (Å²) in [5.41, 5.74) is -0.662. The largest absolute Gasteiger partial charge is 0.451 e. The number of benzene rings is 1. The van der Waals surface area contributed by atoms with Crippen LogP contribution < -0.4 is 4.72 Å². The van der Waals surface area contributed by atoms with Gasteiger partial charge in [0, 0.05) is 12.0 Å². The Morgan fingerprint density at radius 2 is 1.96 bits per heavy atom. The first-order valence-electron chi connectivity index (χ1n) is 8.07. The molecule has 138 valence electrons. The van der Waals surface area contributed by atoms with Crippen LogP contribution in [0.1, 0.15) is 56.8 Å². The first kappa shape index (κ1) is 19.9. The molecule has 1 saturated carbocycles. The van der Waals surface area contributed by atoms with E-state index in [9.17, 15) is 18.0 Å². The number of carbonyl (C=O) groups excluding carboxylic acids is 2. The van der Waals surface area contributed by atoms with Crippen LogP contribution in [0.4, 0.5) is 0 Å². The van der Waals surface area contributed by atoms with Crippen LogP contribution >= 0.6 is 11.6 Å². The van der Waals surface area contributed by atoms with Gasteiger partial charge in [-0.05, 0) is 58.2 Å². The normalized spacial score (nSPS) is 18.9. The smallest absolute Gasteiger partial charge is 0.338 e. The van der Waals surface area contributed by atoms with E-state index in [4.69, 9.17) is 16.3 Å². The Morgan fingerprint density at radius 3 is 2.56 bits per heavy atom. The average Bonchev–Trinajstić information content (AvgIpc) is 2.47. The Kier molecular flexibility index (Phi) is 5.91. The highest BCUT2D eigenvalue weighted by Gasteiger charge is 2.28. The lowest BCUT2D eigenvalue weighted by atomic mass is 9.96. The maximum atomic E-state index is 12.5. The standard InChI is InChI=1S/C17H22ClNO5S/c1-17(2,3)19-25(22,23)15-10-11(8-9-12(15)18)16(21)24-14-7-5-4-6-13(14)20/h8-10,14,19H,4-7H2,1-3H3. The van der Waals surface area contributed by atoms with Crippen LogP contribution in [0.15, 0.2) is 23.1 Å². The summed E-state index contributed by atoms with van der Waals surface area (Å²) in [5.74, 6) is -0.833. The highest BCUT2D eigenvalue weighted by atomic mass is 35.5. The first-order chi connectivity index (χ1) is 11.5. The van der Waals surface area contributed by atoms with Gasteiger partial charge in [-0.15, -0.1) is 0 Å². The summed E-state index contributed by atoms with van der Waals surface area (Å²) in [5, 5.41) is 0.00189. The minimum Gasteiger partial charge on any atom is -0.451 e. The van der Waals surface area contributed by atoms with Gasteiger partial charge in [-0.25, -0.2) is 17.9 Å². The van der Waals surface area contributed by atoms with Gasteiger partial charge in [0.05, 0.1) is 10.6 Å². The molecule has 0 aromatic heterocycles. The van der Waals surface area contributed by atoms with Crippen LogP contribution in [0.3, 0.4) is 0 Å². The van der Waals surface area contributed by atoms with E-state index in [2.05, 4.69) is 4.72 Å². The van der Waals surface area contributed by atoms with Crippen molar-refractivity contribution in [1.29, 1.82) is 0 Å². The molecule has 0 spiro atoms. The molecule has 0 saturated heterocycles. The summed E-state index contributed by atoms with van der Waals surface area (Å²) in [6.07, 6.45) is 1.75. The van der Waals surface area contributed by atoms with Crippen LogP contribution in [0, 0.1) is 0 Å². The third-order valence-corrected chi connectivity index (χ3v) is 5.88. The molecule has 1 aliphatic rings. The van der Waals surface area contributed by atoms with Gasteiger partial charge in [-0.1, -0.05) is 11.6 Å². The second kappa shape index (κ2) is 7.43. The SMILES string of the molecule is CC(C)(C)NS(=O)(=O)c1cc(C(=O)OC2CCCCC2=O)ccc1Cl. The summed E-state index contributed by atoms with van der Waals surface area (Å²) in [4.78, 5) is 23.9. The predicted molar refractivity (Wildman–Crippen MR) is 94.2 cm³/mol. The molecule has 6 nitrogen and oxygen atoms in total. The van der Waals surface area contributed by atoms with Crippen LogP contribution in [0.5, 0.6) is 0 Å². The molecular formula is C17H22ClNO5S. The maximum Gasteiger partial charge on any atom is 0.338 e. The third-order valence-electron chi connectivity index (χ3n) is 3.64. The minimum atomic E-state index is -3.91. The fourth-order valence-corrected chi connectivity index (χ4v) is 4.51. The number of esters is 1. The quantitative estimate of drug-likeness (QED) is 0.802. The van der Waals surface area contributed by atoms with Gasteiger partial charge >= 0.3 is 5.97 Å². The predicted octanol–water partition coefficient (Wildman–Crippen LogP) is 3.09. The fraction of sp³-hybridized carbons (Fsp3) is 0.529. The molecule has 1 fully saturated rings. The molecule has 8 heteroatoms. The van der Waals surface area contributed by atoms with Gasteiger partial charge in [0.25, 0.3) is 0 Å². The zero-order chi connectivity index (χ0) is 18.8. The molecule has 0 amide bonds. The first-order valence-corrected chi connectivity index (χ1v) is 9.93. The number of ketones is 1. The zero-order valence-corrected chi connectivity index (χ0v) is 16.0. The lowest BCUT2D eigenvalue weighted by Gasteiger charge is -2.22. The number of nitrogens with one attached hydrogen (secondary N) is 1. The molecule has 0 radical (unpaired) electrons. The van der Waals surface area contributed by atoms with Gasteiger partial charge in [0.1, 0.15) is 4.90 Å². The molecule has 0 heterocycles. The Bertz CT molecular complexity index is 783. The van der Waals surface area contributed by atoms with Crippen LogP contribution in [0.25, 0.3) is 0 Å². The summed E-state index contributed by atoms with van der Waals surface area (Å²) in [6.45, 7) is 5.10. The van der Waals surface area contributed by atoms with Gasteiger partial charge in [0.15, 0.2) is 11.9 Å². The number of Topliss-reactive ketones (excluding diaryl/α,β-unsaturated/α-hetero) is 1. The molecule has 1 unspecified atom stereocenters. The maximum absolute atomic E-state index is 12.5. The average molecular weight is 388 g/mol. The van der Waals surface area contributed by atoms with Crippen LogP contribution in [-0.2, 0) is 19.6 Å². The third kappa shape index (κ3) is 5.26. The number of rotatable bonds is 4. The van der Waals surface area contributed by atoms with E-state index in [0.717, 1.165) is 12.8 Å². The topological polar surface area (TPSA) is 89.5 Å². The molecule has 2 rings (SSSR count). The Hall–Kier alpha value is -1.44. The molecule has 1 N–H and O–H groups in total. The number of hydrogen-bond donors (Lipinski definition) is 1. The van der Waals surface area contributed by atoms with Crippen molar-refractivity contribution >= 4 is 33.4 Å². The Morgan fingerprint density at radius 1 is 1.28 bits per heavy atom. The highest BCUT2D eigenvalue weighted by molar-refractivity contribution is 7.89. The van der Waals surface area contributed by atoms with E-state index in [0.29, 0.717) is 12.8 Å². The number of ether oxygens (including phenoxy) is 1. The second-order valence-electron chi connectivity index (χ2n) is 7.11. The monoisotopic (exact) mass is 387 g/mol. The number of sulfonamides is 1. The van der Waals surface area contributed by atoms with E-state index in [-0.39, 0.29) is 21.3 Å². The van der Waals surface area contributed by atoms with Gasteiger partial charge in [-0.3, -0.25) is 4.79 Å². The Labute approximate surface area is 152 Å². The molecular weight excluding hydrogens is 366 g/mol. The molecule has 25 heavy (non-hydrogen) atoms. The van der Waals surface area contributed by atoms with Crippen molar-refractivity contribution in [1.82, 2.24) is 4.72 Å². The van der Waals surface area contributed by atoms with Crippen molar-refractivity contribution < 1.29 is 22.7 Å². The van der Waals surface area contributed by atoms with Crippen molar-refractivity contribution in [2.75, 3.05) is 0 Å². The van der Waals surface area contributed by atoms with Crippen molar-refractivity contribution in [3.8, 4) is 0 Å². The van der Waals surface area contributed by atoms with Gasteiger partial charge in [-0.2, -0.15) is 0 Å². The molecule has 1 aromatic rings. The summed E-state index contributed by atoms with van der Waals surface area (Å²) in [6, 6.07) is 3.89. The second-order valence-corrected chi connectivity index (χ2v) is 9.16. The molecule has 0 bridgehead atoms. The Balaban J connectivity index is 2.26. The van der Waals surface area contributed by atoms with Crippen molar-refractivity contribution in [2.24, 2.45) is 0 Å². The minimum absolute atomic E-state index is 0.00189. The van der Waals surface area contributed by atoms with Crippen molar-refractivity contribution in [3.63, 3.8) is 0 Å². The van der Waals surface area contributed by atoms with E-state index in [1.54, 1.807) is 20.8 Å². The lowest BCUT2D eigenvalue weighted by molar-refractivity contribution is -0.129. The van der Waals surface area contributed by atoms with Crippen molar-refractivity contribution in [2.45, 2.75) is 63.0 Å². The number of carbonyl (C=O) groups is 2. The summed E-state index contributed by atoms with van der Waals surface area (Å²) >= 11 is 6.00. The van der Waals surface area contributed by atoms with Crippen LogP contribution in [0.2, 0.25) is 5.02 Å². The molecule has 0 aliphatic heterocycles. The lowest BCUT2D eigenvalue weighted by Crippen LogP contribution is -2.40.